The van der Waals surface area contributed by atoms with E-state index in [9.17, 15) is 4.79 Å². The van der Waals surface area contributed by atoms with Crippen LogP contribution in [0, 0.1) is 0 Å². The van der Waals surface area contributed by atoms with E-state index in [0.717, 1.165) is 10.6 Å². The summed E-state index contributed by atoms with van der Waals surface area (Å²) in [4.78, 5) is 11.4. The summed E-state index contributed by atoms with van der Waals surface area (Å²) >= 11 is 7.40. The van der Waals surface area contributed by atoms with Gasteiger partial charge in [-0.05, 0) is 24.0 Å². The monoisotopic (exact) mass is 216 g/mol. The quantitative estimate of drug-likeness (QED) is 0.789. The van der Waals surface area contributed by atoms with Crippen molar-refractivity contribution in [2.24, 2.45) is 0 Å². The largest absolute Gasteiger partial charge is 0.478 e. The third-order valence-electron chi connectivity index (χ3n) is 1.48. The van der Waals surface area contributed by atoms with Crippen molar-refractivity contribution in [1.29, 1.82) is 0 Å². The molecule has 0 unspecified atom stereocenters. The summed E-state index contributed by atoms with van der Waals surface area (Å²) in [5, 5.41) is 9.32. The Morgan fingerprint density at radius 3 is 2.85 bits per heavy atom. The summed E-state index contributed by atoms with van der Waals surface area (Å²) in [6, 6.07) is 4.71. The number of thioether (sulfide) groups is 1. The molecule has 1 aromatic rings. The number of benzene rings is 1. The second-order valence-corrected chi connectivity index (χ2v) is 4.10. The van der Waals surface area contributed by atoms with E-state index in [1.54, 1.807) is 12.1 Å². The molecule has 0 amide bonds. The van der Waals surface area contributed by atoms with Crippen molar-refractivity contribution in [3.63, 3.8) is 0 Å². The fraction of sp³-hybridized carbons (Fsp3) is 0.222. The first-order valence-electron chi connectivity index (χ1n) is 3.80. The molecule has 70 valence electrons. The van der Waals surface area contributed by atoms with Crippen LogP contribution in [0.1, 0.15) is 17.3 Å². The molecule has 0 saturated carbocycles. The van der Waals surface area contributed by atoms with E-state index in [2.05, 4.69) is 0 Å². The van der Waals surface area contributed by atoms with Gasteiger partial charge in [0.25, 0.3) is 0 Å². The van der Waals surface area contributed by atoms with Gasteiger partial charge in [0.15, 0.2) is 0 Å². The molecular formula is C9H9ClO2S. The van der Waals surface area contributed by atoms with Crippen LogP contribution in [-0.2, 0) is 0 Å². The molecule has 0 radical (unpaired) electrons. The summed E-state index contributed by atoms with van der Waals surface area (Å²) in [7, 11) is 0. The molecule has 2 nitrogen and oxygen atoms in total. The molecule has 0 aliphatic heterocycles. The molecule has 0 heterocycles. The standard InChI is InChI=1S/C9H9ClO2S/c1-2-13-8-5-6(9(11)12)3-4-7(8)10/h3-5H,2H2,1H3,(H,11,12). The molecule has 1 N–H and O–H groups in total. The van der Waals surface area contributed by atoms with Gasteiger partial charge in [-0.25, -0.2) is 4.79 Å². The Bertz CT molecular complexity index is 325. The molecule has 0 bridgehead atoms. The number of rotatable bonds is 3. The summed E-state index contributed by atoms with van der Waals surface area (Å²) in [5.41, 5.74) is 0.278. The summed E-state index contributed by atoms with van der Waals surface area (Å²) < 4.78 is 0. The Balaban J connectivity index is 3.03. The normalized spacial score (nSPS) is 10.0. The lowest BCUT2D eigenvalue weighted by atomic mass is 10.2. The molecular weight excluding hydrogens is 208 g/mol. The Labute approximate surface area is 85.9 Å². The Kier molecular flexibility index (Phi) is 3.63. The first-order chi connectivity index (χ1) is 6.15. The Morgan fingerprint density at radius 2 is 2.31 bits per heavy atom. The maximum Gasteiger partial charge on any atom is 0.335 e. The van der Waals surface area contributed by atoms with Gasteiger partial charge in [-0.1, -0.05) is 18.5 Å². The van der Waals surface area contributed by atoms with Gasteiger partial charge in [0.05, 0.1) is 10.6 Å². The molecule has 13 heavy (non-hydrogen) atoms. The van der Waals surface area contributed by atoms with E-state index < -0.39 is 5.97 Å². The molecule has 0 aliphatic carbocycles. The van der Waals surface area contributed by atoms with E-state index in [1.165, 1.54) is 17.8 Å². The lowest BCUT2D eigenvalue weighted by Gasteiger charge is -2.02. The highest BCUT2D eigenvalue weighted by Crippen LogP contribution is 2.27. The molecule has 0 saturated heterocycles. The zero-order valence-corrected chi connectivity index (χ0v) is 8.65. The SMILES string of the molecule is CCSc1cc(C(=O)O)ccc1Cl. The maximum atomic E-state index is 10.6. The molecule has 0 aromatic heterocycles. The van der Waals surface area contributed by atoms with E-state index >= 15 is 0 Å². The second kappa shape index (κ2) is 4.53. The average molecular weight is 217 g/mol. The van der Waals surface area contributed by atoms with Crippen molar-refractivity contribution in [3.8, 4) is 0 Å². The predicted octanol–water partition coefficient (Wildman–Crippen LogP) is 3.15. The van der Waals surface area contributed by atoms with Gasteiger partial charge in [0, 0.05) is 4.90 Å². The van der Waals surface area contributed by atoms with Crippen molar-refractivity contribution in [3.05, 3.63) is 28.8 Å². The zero-order chi connectivity index (χ0) is 9.84. The maximum absolute atomic E-state index is 10.6. The van der Waals surface area contributed by atoms with Crippen LogP contribution in [0.2, 0.25) is 5.02 Å². The summed E-state index contributed by atoms with van der Waals surface area (Å²) in [6.07, 6.45) is 0. The minimum atomic E-state index is -0.922. The van der Waals surface area contributed by atoms with E-state index in [4.69, 9.17) is 16.7 Å². The first-order valence-corrected chi connectivity index (χ1v) is 5.17. The van der Waals surface area contributed by atoms with Gasteiger partial charge in [0.2, 0.25) is 0 Å². The summed E-state index contributed by atoms with van der Waals surface area (Å²) in [6.45, 7) is 1.99. The minimum Gasteiger partial charge on any atom is -0.478 e. The van der Waals surface area contributed by atoms with Crippen LogP contribution < -0.4 is 0 Å². The van der Waals surface area contributed by atoms with Gasteiger partial charge in [-0.3, -0.25) is 0 Å². The van der Waals surface area contributed by atoms with Crippen molar-refractivity contribution in [1.82, 2.24) is 0 Å². The number of carboxylic acids is 1. The van der Waals surface area contributed by atoms with Gasteiger partial charge in [-0.15, -0.1) is 11.8 Å². The number of hydrogen-bond acceptors (Lipinski definition) is 2. The van der Waals surface area contributed by atoms with Crippen LogP contribution in [0.4, 0.5) is 0 Å². The Morgan fingerprint density at radius 1 is 1.62 bits per heavy atom. The minimum absolute atomic E-state index is 0.278. The van der Waals surface area contributed by atoms with Crippen molar-refractivity contribution >= 4 is 29.3 Å². The topological polar surface area (TPSA) is 37.3 Å². The average Bonchev–Trinajstić information content (AvgIpc) is 2.08. The highest BCUT2D eigenvalue weighted by molar-refractivity contribution is 7.99. The van der Waals surface area contributed by atoms with E-state index in [-0.39, 0.29) is 5.56 Å². The van der Waals surface area contributed by atoms with Crippen LogP contribution in [0.3, 0.4) is 0 Å². The number of halogens is 1. The van der Waals surface area contributed by atoms with Gasteiger partial charge < -0.3 is 5.11 Å². The van der Waals surface area contributed by atoms with Crippen LogP contribution in [0.5, 0.6) is 0 Å². The smallest absolute Gasteiger partial charge is 0.335 e. The van der Waals surface area contributed by atoms with Gasteiger partial charge >= 0.3 is 5.97 Å². The van der Waals surface area contributed by atoms with Crippen LogP contribution >= 0.6 is 23.4 Å². The van der Waals surface area contributed by atoms with E-state index in [1.807, 2.05) is 6.92 Å². The number of aromatic carboxylic acids is 1. The fourth-order valence-electron chi connectivity index (χ4n) is 0.903. The number of carboxylic acid groups (broad SMARTS) is 1. The number of hydrogen-bond donors (Lipinski definition) is 1. The van der Waals surface area contributed by atoms with E-state index in [0.29, 0.717) is 5.02 Å². The van der Waals surface area contributed by atoms with Crippen LogP contribution in [-0.4, -0.2) is 16.8 Å². The molecule has 1 rings (SSSR count). The predicted molar refractivity (Wildman–Crippen MR) is 54.8 cm³/mol. The fourth-order valence-corrected chi connectivity index (χ4v) is 1.91. The first kappa shape index (κ1) is 10.4. The van der Waals surface area contributed by atoms with Gasteiger partial charge in [-0.2, -0.15) is 0 Å². The van der Waals surface area contributed by atoms with Crippen LogP contribution in [0.25, 0.3) is 0 Å². The van der Waals surface area contributed by atoms with Crippen molar-refractivity contribution in [2.75, 3.05) is 5.75 Å². The molecule has 0 spiro atoms. The summed E-state index contributed by atoms with van der Waals surface area (Å²) in [5.74, 6) is -0.0439. The lowest BCUT2D eigenvalue weighted by molar-refractivity contribution is 0.0696. The molecule has 0 atom stereocenters. The molecule has 4 heteroatoms. The molecule has 1 aromatic carbocycles. The lowest BCUT2D eigenvalue weighted by Crippen LogP contribution is -1.95. The second-order valence-electron chi connectivity index (χ2n) is 2.38. The third kappa shape index (κ3) is 2.64. The number of carbonyl (C=O) groups is 1. The third-order valence-corrected chi connectivity index (χ3v) is 2.86. The van der Waals surface area contributed by atoms with Gasteiger partial charge in [0.1, 0.15) is 0 Å². The molecule has 0 fully saturated rings. The van der Waals surface area contributed by atoms with Crippen molar-refractivity contribution in [2.45, 2.75) is 11.8 Å². The van der Waals surface area contributed by atoms with Crippen LogP contribution in [0.15, 0.2) is 23.1 Å². The molecule has 0 aliphatic rings. The zero-order valence-electron chi connectivity index (χ0n) is 7.08. The Hall–Kier alpha value is -0.670. The highest BCUT2D eigenvalue weighted by atomic mass is 35.5. The van der Waals surface area contributed by atoms with Crippen molar-refractivity contribution < 1.29 is 9.90 Å². The highest BCUT2D eigenvalue weighted by Gasteiger charge is 2.06.